The minimum absolute atomic E-state index is 0.0432. The number of carbonyl (C=O) groups is 2. The van der Waals surface area contributed by atoms with Crippen molar-refractivity contribution in [3.05, 3.63) is 42.2 Å². The van der Waals surface area contributed by atoms with Crippen LogP contribution in [0.4, 0.5) is 0 Å². The lowest BCUT2D eigenvalue weighted by molar-refractivity contribution is -0.130. The second-order valence-electron chi connectivity index (χ2n) is 7.32. The highest BCUT2D eigenvalue weighted by molar-refractivity contribution is 5.82. The second-order valence-corrected chi connectivity index (χ2v) is 7.32. The third kappa shape index (κ3) is 5.42. The molecule has 27 heavy (non-hydrogen) atoms. The Bertz CT molecular complexity index is 772. The zero-order chi connectivity index (χ0) is 19.2. The van der Waals surface area contributed by atoms with Gasteiger partial charge in [-0.25, -0.2) is 0 Å². The number of aryl methyl sites for hydroxylation is 1. The zero-order valence-electron chi connectivity index (χ0n) is 16.0. The topological polar surface area (TPSA) is 75.4 Å². The third-order valence-corrected chi connectivity index (χ3v) is 5.06. The standard InChI is InChI=1S/C21H27N3O3/c1-15-13-18(15)21(26)22-11-10-20(25)24(2)12-6-9-17-14-19(23-27-17)16-7-4-3-5-8-16/h3-5,7-8,14-15,18H,6,9-13H2,1-2H3,(H,22,26). The third-order valence-electron chi connectivity index (χ3n) is 5.06. The molecule has 0 saturated heterocycles. The molecule has 3 rings (SSSR count). The summed E-state index contributed by atoms with van der Waals surface area (Å²) in [6.45, 7) is 3.13. The van der Waals surface area contributed by atoms with Crippen LogP contribution in [-0.4, -0.2) is 42.0 Å². The number of amides is 2. The van der Waals surface area contributed by atoms with Crippen molar-refractivity contribution >= 4 is 11.8 Å². The van der Waals surface area contributed by atoms with Gasteiger partial charge in [-0.3, -0.25) is 9.59 Å². The molecule has 6 nitrogen and oxygen atoms in total. The molecule has 1 heterocycles. The Morgan fingerprint density at radius 2 is 2.04 bits per heavy atom. The van der Waals surface area contributed by atoms with Gasteiger partial charge in [0.25, 0.3) is 0 Å². The molecule has 2 atom stereocenters. The normalized spacial score (nSPS) is 18.1. The van der Waals surface area contributed by atoms with E-state index in [2.05, 4.69) is 17.4 Å². The van der Waals surface area contributed by atoms with Gasteiger partial charge in [-0.05, 0) is 18.8 Å². The first kappa shape index (κ1) is 19.1. The van der Waals surface area contributed by atoms with Crippen LogP contribution < -0.4 is 5.32 Å². The summed E-state index contributed by atoms with van der Waals surface area (Å²) >= 11 is 0. The van der Waals surface area contributed by atoms with Gasteiger partial charge < -0.3 is 14.7 Å². The van der Waals surface area contributed by atoms with Crippen LogP contribution in [0.3, 0.4) is 0 Å². The van der Waals surface area contributed by atoms with E-state index in [0.717, 1.165) is 36.3 Å². The van der Waals surface area contributed by atoms with E-state index >= 15 is 0 Å². The van der Waals surface area contributed by atoms with E-state index in [0.29, 0.717) is 25.4 Å². The maximum Gasteiger partial charge on any atom is 0.224 e. The molecule has 1 saturated carbocycles. The molecule has 0 aliphatic heterocycles. The predicted octanol–water partition coefficient (Wildman–Crippen LogP) is 2.89. The van der Waals surface area contributed by atoms with Crippen LogP contribution in [0.1, 0.15) is 31.9 Å². The highest BCUT2D eigenvalue weighted by atomic mass is 16.5. The Kier molecular flexibility index (Phi) is 6.27. The van der Waals surface area contributed by atoms with Crippen LogP contribution in [0.5, 0.6) is 0 Å². The van der Waals surface area contributed by atoms with Gasteiger partial charge in [-0.15, -0.1) is 0 Å². The maximum absolute atomic E-state index is 12.1. The molecular weight excluding hydrogens is 342 g/mol. The average molecular weight is 369 g/mol. The summed E-state index contributed by atoms with van der Waals surface area (Å²) in [4.78, 5) is 25.6. The number of hydrogen-bond acceptors (Lipinski definition) is 4. The fourth-order valence-corrected chi connectivity index (χ4v) is 3.09. The molecule has 2 amide bonds. The number of carbonyl (C=O) groups excluding carboxylic acids is 2. The smallest absolute Gasteiger partial charge is 0.224 e. The van der Waals surface area contributed by atoms with Crippen LogP contribution in [-0.2, 0) is 16.0 Å². The number of rotatable bonds is 9. The number of nitrogens with zero attached hydrogens (tertiary/aromatic N) is 2. The van der Waals surface area contributed by atoms with E-state index in [1.165, 1.54) is 0 Å². The van der Waals surface area contributed by atoms with E-state index in [9.17, 15) is 9.59 Å². The van der Waals surface area contributed by atoms with Crippen LogP contribution in [0.2, 0.25) is 0 Å². The number of aromatic nitrogens is 1. The van der Waals surface area contributed by atoms with Crippen molar-refractivity contribution < 1.29 is 14.1 Å². The maximum atomic E-state index is 12.1. The van der Waals surface area contributed by atoms with Gasteiger partial charge in [0.1, 0.15) is 11.5 Å². The summed E-state index contributed by atoms with van der Waals surface area (Å²) in [5, 5.41) is 6.96. The van der Waals surface area contributed by atoms with Gasteiger partial charge >= 0.3 is 0 Å². The van der Waals surface area contributed by atoms with Crippen molar-refractivity contribution in [2.45, 2.75) is 32.6 Å². The van der Waals surface area contributed by atoms with Crippen molar-refractivity contribution in [2.24, 2.45) is 11.8 Å². The lowest BCUT2D eigenvalue weighted by atomic mass is 10.1. The van der Waals surface area contributed by atoms with E-state index < -0.39 is 0 Å². The number of nitrogens with one attached hydrogen (secondary N) is 1. The number of benzene rings is 1. The fourth-order valence-electron chi connectivity index (χ4n) is 3.09. The Balaban J connectivity index is 1.34. The molecule has 1 fully saturated rings. The largest absolute Gasteiger partial charge is 0.361 e. The monoisotopic (exact) mass is 369 g/mol. The summed E-state index contributed by atoms with van der Waals surface area (Å²) in [5.74, 6) is 1.59. The number of hydrogen-bond donors (Lipinski definition) is 1. The quantitative estimate of drug-likeness (QED) is 0.737. The summed E-state index contributed by atoms with van der Waals surface area (Å²) in [6, 6.07) is 11.9. The molecule has 0 radical (unpaired) electrons. The van der Waals surface area contributed by atoms with E-state index in [1.54, 1.807) is 11.9 Å². The van der Waals surface area contributed by atoms with E-state index in [4.69, 9.17) is 4.52 Å². The fraction of sp³-hybridized carbons (Fsp3) is 0.476. The van der Waals surface area contributed by atoms with Crippen molar-refractivity contribution in [3.63, 3.8) is 0 Å². The SMILES string of the molecule is CC1CC1C(=O)NCCC(=O)N(C)CCCc1cc(-c2ccccc2)no1. The lowest BCUT2D eigenvalue weighted by Crippen LogP contribution is -2.33. The van der Waals surface area contributed by atoms with Gasteiger partial charge in [0.2, 0.25) is 11.8 Å². The minimum Gasteiger partial charge on any atom is -0.361 e. The molecule has 1 aliphatic rings. The molecule has 2 unspecified atom stereocenters. The molecule has 1 aromatic heterocycles. The van der Waals surface area contributed by atoms with Crippen molar-refractivity contribution in [1.29, 1.82) is 0 Å². The molecule has 1 N–H and O–H groups in total. The van der Waals surface area contributed by atoms with Crippen molar-refractivity contribution in [2.75, 3.05) is 20.1 Å². The summed E-state index contributed by atoms with van der Waals surface area (Å²) in [6.07, 6.45) is 2.84. The van der Waals surface area contributed by atoms with Crippen molar-refractivity contribution in [1.82, 2.24) is 15.4 Å². The molecule has 1 aromatic carbocycles. The van der Waals surface area contributed by atoms with E-state index in [1.807, 2.05) is 36.4 Å². The Labute approximate surface area is 159 Å². The predicted molar refractivity (Wildman–Crippen MR) is 103 cm³/mol. The van der Waals surface area contributed by atoms with Gasteiger partial charge in [-0.1, -0.05) is 42.4 Å². The summed E-state index contributed by atoms with van der Waals surface area (Å²) < 4.78 is 5.39. The first-order valence-electron chi connectivity index (χ1n) is 9.57. The zero-order valence-corrected chi connectivity index (χ0v) is 16.0. The van der Waals surface area contributed by atoms with Gasteiger partial charge in [-0.2, -0.15) is 0 Å². The van der Waals surface area contributed by atoms with Gasteiger partial charge in [0, 0.05) is 50.5 Å². The van der Waals surface area contributed by atoms with Crippen LogP contribution in [0.25, 0.3) is 11.3 Å². The lowest BCUT2D eigenvalue weighted by Gasteiger charge is -2.16. The van der Waals surface area contributed by atoms with Gasteiger partial charge in [0.15, 0.2) is 0 Å². The highest BCUT2D eigenvalue weighted by Crippen LogP contribution is 2.37. The molecule has 6 heteroatoms. The summed E-state index contributed by atoms with van der Waals surface area (Å²) in [5.41, 5.74) is 1.86. The molecule has 2 aromatic rings. The summed E-state index contributed by atoms with van der Waals surface area (Å²) in [7, 11) is 1.79. The Morgan fingerprint density at radius 1 is 1.30 bits per heavy atom. The Hall–Kier alpha value is -2.63. The van der Waals surface area contributed by atoms with Crippen LogP contribution in [0.15, 0.2) is 40.9 Å². The van der Waals surface area contributed by atoms with Gasteiger partial charge in [0.05, 0.1) is 0 Å². The van der Waals surface area contributed by atoms with Crippen LogP contribution >= 0.6 is 0 Å². The molecule has 0 bridgehead atoms. The average Bonchev–Trinajstić information content (AvgIpc) is 3.22. The first-order valence-corrected chi connectivity index (χ1v) is 9.57. The molecular formula is C21H27N3O3. The highest BCUT2D eigenvalue weighted by Gasteiger charge is 2.38. The van der Waals surface area contributed by atoms with Crippen molar-refractivity contribution in [3.8, 4) is 11.3 Å². The molecule has 1 aliphatic carbocycles. The second kappa shape index (κ2) is 8.84. The first-order chi connectivity index (χ1) is 13.0. The molecule has 0 spiro atoms. The minimum atomic E-state index is 0.0432. The molecule has 144 valence electrons. The Morgan fingerprint density at radius 3 is 2.74 bits per heavy atom. The van der Waals surface area contributed by atoms with Crippen LogP contribution in [0, 0.1) is 11.8 Å². The van der Waals surface area contributed by atoms with E-state index in [-0.39, 0.29) is 17.7 Å².